The monoisotopic (exact) mass is 444 g/mol. The van der Waals surface area contributed by atoms with E-state index >= 15 is 0 Å². The minimum Gasteiger partial charge on any atom is -0.165 e. The molecular weight excluding hydrogens is 424 g/mol. The van der Waals surface area contributed by atoms with Gasteiger partial charge in [-0.1, -0.05) is 96.6 Å². The molecule has 0 nitrogen and oxygen atoms in total. The van der Waals surface area contributed by atoms with Crippen LogP contribution in [0, 0.1) is 23.7 Å². The first kappa shape index (κ1) is 21.7. The van der Waals surface area contributed by atoms with E-state index in [2.05, 4.69) is 23.7 Å². The molecule has 32 heavy (non-hydrogen) atoms. The molecule has 0 fully saturated rings. The summed E-state index contributed by atoms with van der Waals surface area (Å²) in [7, 11) is 0. The fraction of sp³-hybridized carbons (Fsp3) is 0.0333. The molecule has 0 aromatic heterocycles. The van der Waals surface area contributed by atoms with Gasteiger partial charge in [0.15, 0.2) is 0 Å². The van der Waals surface area contributed by atoms with Gasteiger partial charge in [-0.2, -0.15) is 12.6 Å². The molecule has 0 heterocycles. The molecule has 4 aromatic rings. The maximum atomic E-state index is 5.72. The van der Waals surface area contributed by atoms with E-state index in [1.807, 2.05) is 109 Å². The summed E-state index contributed by atoms with van der Waals surface area (Å²) in [5.74, 6) is 12.7. The average Bonchev–Trinajstić information content (AvgIpc) is 2.87. The average molecular weight is 445 g/mol. The van der Waals surface area contributed by atoms with Gasteiger partial charge in [0, 0.05) is 27.1 Å². The van der Waals surface area contributed by atoms with E-state index in [4.69, 9.17) is 24.8 Å². The fourth-order valence-corrected chi connectivity index (χ4v) is 3.70. The molecule has 0 radical (unpaired) electrons. The number of thiocarbonyl (C=S) groups is 1. The third-order valence-electron chi connectivity index (χ3n) is 4.89. The van der Waals surface area contributed by atoms with Gasteiger partial charge < -0.3 is 0 Å². The Labute approximate surface area is 200 Å². The number of thiol groups is 1. The number of benzene rings is 4. The Morgan fingerprint density at radius 1 is 0.531 bits per heavy atom. The summed E-state index contributed by atoms with van der Waals surface area (Å²) in [6.45, 7) is 0. The summed E-state index contributed by atoms with van der Waals surface area (Å²) in [5, 5.41) is -0.164. The van der Waals surface area contributed by atoms with E-state index < -0.39 is 0 Å². The summed E-state index contributed by atoms with van der Waals surface area (Å²) < 4.78 is 0. The lowest BCUT2D eigenvalue weighted by molar-refractivity contribution is 1.31. The molecule has 0 bridgehead atoms. The van der Waals surface area contributed by atoms with Crippen molar-refractivity contribution in [2.24, 2.45) is 0 Å². The van der Waals surface area contributed by atoms with E-state index in [9.17, 15) is 0 Å². The molecule has 4 rings (SSSR count). The predicted molar refractivity (Wildman–Crippen MR) is 141 cm³/mol. The Balaban J connectivity index is 1.43. The molecule has 1 unspecified atom stereocenters. The molecule has 4 aromatic carbocycles. The molecule has 0 saturated carbocycles. The Morgan fingerprint density at radius 2 is 0.906 bits per heavy atom. The zero-order valence-electron chi connectivity index (χ0n) is 17.3. The molecule has 152 valence electrons. The Morgan fingerprint density at radius 3 is 1.34 bits per heavy atom. The van der Waals surface area contributed by atoms with Crippen LogP contribution < -0.4 is 0 Å². The van der Waals surface area contributed by atoms with Gasteiger partial charge in [-0.05, 0) is 59.7 Å². The lowest BCUT2D eigenvalue weighted by Gasteiger charge is -2.13. The molecule has 0 saturated heterocycles. The number of rotatable bonds is 3. The highest BCUT2D eigenvalue weighted by Gasteiger charge is 2.14. The lowest BCUT2D eigenvalue weighted by Crippen LogP contribution is -2.06. The second-order valence-corrected chi connectivity index (χ2v) is 8.15. The van der Waals surface area contributed by atoms with Crippen LogP contribution in [-0.4, -0.2) is 4.86 Å². The van der Waals surface area contributed by atoms with Crippen molar-refractivity contribution in [3.8, 4) is 23.7 Å². The quantitative estimate of drug-likeness (QED) is 0.156. The number of hydrogen-bond donors (Lipinski definition) is 1. The minimum atomic E-state index is -0.164. The highest BCUT2D eigenvalue weighted by Crippen LogP contribution is 2.26. The van der Waals surface area contributed by atoms with Gasteiger partial charge in [0.05, 0.1) is 5.25 Å². The lowest BCUT2D eigenvalue weighted by atomic mass is 10.0. The normalized spacial score (nSPS) is 10.8. The van der Waals surface area contributed by atoms with Crippen LogP contribution in [0.5, 0.6) is 0 Å². The second kappa shape index (κ2) is 10.7. The Bertz CT molecular complexity index is 1310. The Kier molecular flexibility index (Phi) is 7.21. The van der Waals surface area contributed by atoms with E-state index in [1.54, 1.807) is 0 Å². The SMILES string of the molecule is S=C(c1ccc(C#Cc2ccccc2)cc1)C(S)c1ccc(C#Cc2ccccc2)cc1. The highest BCUT2D eigenvalue weighted by atomic mass is 32.1. The van der Waals surface area contributed by atoms with Gasteiger partial charge in [0.2, 0.25) is 0 Å². The molecule has 0 amide bonds. The van der Waals surface area contributed by atoms with Crippen LogP contribution in [-0.2, 0) is 0 Å². The van der Waals surface area contributed by atoms with Gasteiger partial charge in [0.1, 0.15) is 0 Å². The second-order valence-electron chi connectivity index (χ2n) is 7.20. The van der Waals surface area contributed by atoms with Crippen molar-refractivity contribution in [2.45, 2.75) is 5.25 Å². The number of hydrogen-bond acceptors (Lipinski definition) is 2. The molecule has 1 atom stereocenters. The maximum Gasteiger partial charge on any atom is 0.0624 e. The van der Waals surface area contributed by atoms with Crippen molar-refractivity contribution >= 4 is 29.7 Å². The highest BCUT2D eigenvalue weighted by molar-refractivity contribution is 7.86. The third kappa shape index (κ3) is 5.77. The minimum absolute atomic E-state index is 0.164. The van der Waals surface area contributed by atoms with Crippen LogP contribution in [0.4, 0.5) is 0 Å². The summed E-state index contributed by atoms with van der Waals surface area (Å²) in [6, 6.07) is 36.1. The van der Waals surface area contributed by atoms with Gasteiger partial charge in [-0.15, -0.1) is 0 Å². The zero-order valence-corrected chi connectivity index (χ0v) is 19.0. The summed E-state index contributed by atoms with van der Waals surface area (Å²) in [5.41, 5.74) is 5.96. The van der Waals surface area contributed by atoms with Crippen LogP contribution in [0.3, 0.4) is 0 Å². The molecule has 0 aliphatic carbocycles. The third-order valence-corrected chi connectivity index (χ3v) is 6.10. The van der Waals surface area contributed by atoms with Crippen molar-refractivity contribution in [2.75, 3.05) is 0 Å². The van der Waals surface area contributed by atoms with Crippen molar-refractivity contribution < 1.29 is 0 Å². The molecule has 0 N–H and O–H groups in total. The van der Waals surface area contributed by atoms with Crippen LogP contribution in [0.15, 0.2) is 109 Å². The first-order chi connectivity index (χ1) is 15.7. The summed E-state index contributed by atoms with van der Waals surface area (Å²) >= 11 is 10.5. The Hall–Kier alpha value is -3.56. The maximum absolute atomic E-state index is 5.72. The first-order valence-corrected chi connectivity index (χ1v) is 11.2. The van der Waals surface area contributed by atoms with Gasteiger partial charge in [-0.25, -0.2) is 0 Å². The molecular formula is C30H20S2. The van der Waals surface area contributed by atoms with Gasteiger partial charge >= 0.3 is 0 Å². The van der Waals surface area contributed by atoms with Crippen molar-refractivity contribution in [1.29, 1.82) is 0 Å². The van der Waals surface area contributed by atoms with Crippen LogP contribution in [0.1, 0.15) is 38.6 Å². The smallest absolute Gasteiger partial charge is 0.0624 e. The van der Waals surface area contributed by atoms with E-state index in [1.165, 1.54) is 0 Å². The van der Waals surface area contributed by atoms with Crippen molar-refractivity contribution in [3.63, 3.8) is 0 Å². The van der Waals surface area contributed by atoms with Crippen LogP contribution >= 0.6 is 24.8 Å². The van der Waals surface area contributed by atoms with Crippen molar-refractivity contribution in [3.05, 3.63) is 143 Å². The van der Waals surface area contributed by atoms with Crippen molar-refractivity contribution in [1.82, 2.24) is 0 Å². The summed E-state index contributed by atoms with van der Waals surface area (Å²) in [4.78, 5) is 0.791. The predicted octanol–water partition coefficient (Wildman–Crippen LogP) is 6.88. The fourth-order valence-electron chi connectivity index (χ4n) is 3.11. The van der Waals surface area contributed by atoms with Crippen LogP contribution in [0.2, 0.25) is 0 Å². The molecule has 0 aliphatic heterocycles. The van der Waals surface area contributed by atoms with Gasteiger partial charge in [0.25, 0.3) is 0 Å². The molecule has 2 heteroatoms. The van der Waals surface area contributed by atoms with E-state index in [-0.39, 0.29) is 5.25 Å². The van der Waals surface area contributed by atoms with Gasteiger partial charge in [-0.3, -0.25) is 0 Å². The standard InChI is InChI=1S/C30H20S2/c31-29(27-19-15-25(16-20-27)13-11-23-7-3-1-4-8-23)30(32)28-21-17-26(18-22-28)14-12-24-9-5-2-6-10-24/h1-10,15-22,29,31H. The largest absolute Gasteiger partial charge is 0.165 e. The van der Waals surface area contributed by atoms with E-state index in [0.29, 0.717) is 0 Å². The molecule has 0 aliphatic rings. The topological polar surface area (TPSA) is 0 Å². The molecule has 0 spiro atoms. The summed E-state index contributed by atoms with van der Waals surface area (Å²) in [6.07, 6.45) is 0. The van der Waals surface area contributed by atoms with E-state index in [0.717, 1.165) is 38.2 Å². The van der Waals surface area contributed by atoms with Crippen LogP contribution in [0.25, 0.3) is 0 Å². The first-order valence-electron chi connectivity index (χ1n) is 10.3. The zero-order chi connectivity index (χ0) is 22.2.